The molecule has 8 nitrogen and oxygen atoms in total. The molecule has 140 valence electrons. The van der Waals surface area contributed by atoms with Crippen LogP contribution in [0.15, 0.2) is 23.1 Å². The molecule has 0 aromatic heterocycles. The standard InChI is InChI=1S/C16H26N4O4S/c1-3-18(4-2)12-9-17-15-8-7-14(20(21)22)13-16(15)25(23,24)19-10-5-6-11-19/h7-8,13,17H,3-6,9-12H2,1-2H3. The van der Waals surface area contributed by atoms with Crippen LogP contribution in [0.4, 0.5) is 11.4 Å². The molecule has 0 bridgehead atoms. The number of anilines is 1. The minimum Gasteiger partial charge on any atom is -0.383 e. The van der Waals surface area contributed by atoms with E-state index in [9.17, 15) is 18.5 Å². The van der Waals surface area contributed by atoms with Crippen molar-refractivity contribution in [2.75, 3.05) is 44.6 Å². The van der Waals surface area contributed by atoms with Crippen LogP contribution in [0.2, 0.25) is 0 Å². The number of nitro benzene ring substituents is 1. The fraction of sp³-hybridized carbons (Fsp3) is 0.625. The molecule has 0 aliphatic carbocycles. The van der Waals surface area contributed by atoms with E-state index < -0.39 is 14.9 Å². The number of sulfonamides is 1. The Kier molecular flexibility index (Phi) is 6.74. The van der Waals surface area contributed by atoms with Crippen molar-refractivity contribution >= 4 is 21.4 Å². The normalized spacial score (nSPS) is 15.6. The van der Waals surface area contributed by atoms with Gasteiger partial charge in [0.05, 0.1) is 10.6 Å². The van der Waals surface area contributed by atoms with Gasteiger partial charge in [-0.1, -0.05) is 13.8 Å². The van der Waals surface area contributed by atoms with Crippen molar-refractivity contribution in [1.29, 1.82) is 0 Å². The number of nitro groups is 1. The Morgan fingerprint density at radius 3 is 2.44 bits per heavy atom. The number of non-ortho nitro benzene ring substituents is 1. The quantitative estimate of drug-likeness (QED) is 0.528. The van der Waals surface area contributed by atoms with Gasteiger partial charge in [0.25, 0.3) is 5.69 Å². The predicted octanol–water partition coefficient (Wildman–Crippen LogP) is 2.13. The molecule has 1 saturated heterocycles. The molecule has 1 aliphatic heterocycles. The van der Waals surface area contributed by atoms with E-state index in [2.05, 4.69) is 24.1 Å². The number of hydrogen-bond donors (Lipinski definition) is 1. The smallest absolute Gasteiger partial charge is 0.270 e. The monoisotopic (exact) mass is 370 g/mol. The minimum atomic E-state index is -3.73. The fourth-order valence-electron chi connectivity index (χ4n) is 2.94. The third-order valence-electron chi connectivity index (χ3n) is 4.50. The van der Waals surface area contributed by atoms with Gasteiger partial charge in [-0.2, -0.15) is 4.31 Å². The van der Waals surface area contributed by atoms with Gasteiger partial charge in [0, 0.05) is 38.3 Å². The summed E-state index contributed by atoms with van der Waals surface area (Å²) in [6, 6.07) is 3.99. The average Bonchev–Trinajstić information content (AvgIpc) is 3.14. The van der Waals surface area contributed by atoms with Crippen LogP contribution >= 0.6 is 0 Å². The Hall–Kier alpha value is -1.71. The van der Waals surface area contributed by atoms with Crippen LogP contribution in [0.5, 0.6) is 0 Å². The molecule has 0 radical (unpaired) electrons. The molecule has 1 fully saturated rings. The highest BCUT2D eigenvalue weighted by Gasteiger charge is 2.30. The van der Waals surface area contributed by atoms with E-state index in [1.54, 1.807) is 0 Å². The van der Waals surface area contributed by atoms with E-state index in [1.165, 1.54) is 16.4 Å². The second kappa shape index (κ2) is 8.59. The van der Waals surface area contributed by atoms with Crippen molar-refractivity contribution in [3.63, 3.8) is 0 Å². The largest absolute Gasteiger partial charge is 0.383 e. The van der Waals surface area contributed by atoms with Crippen molar-refractivity contribution < 1.29 is 13.3 Å². The maximum Gasteiger partial charge on any atom is 0.270 e. The topological polar surface area (TPSA) is 95.8 Å². The Morgan fingerprint density at radius 1 is 1.24 bits per heavy atom. The molecule has 2 rings (SSSR count). The van der Waals surface area contributed by atoms with Gasteiger partial charge in [0.2, 0.25) is 10.0 Å². The van der Waals surface area contributed by atoms with Crippen LogP contribution in [-0.2, 0) is 10.0 Å². The maximum atomic E-state index is 12.9. The zero-order chi connectivity index (χ0) is 18.4. The summed E-state index contributed by atoms with van der Waals surface area (Å²) in [5.74, 6) is 0. The summed E-state index contributed by atoms with van der Waals surface area (Å²) in [7, 11) is -3.73. The van der Waals surface area contributed by atoms with Crippen molar-refractivity contribution in [3.05, 3.63) is 28.3 Å². The molecule has 0 amide bonds. The zero-order valence-electron chi connectivity index (χ0n) is 14.8. The molecule has 1 N–H and O–H groups in total. The predicted molar refractivity (Wildman–Crippen MR) is 97.4 cm³/mol. The van der Waals surface area contributed by atoms with Crippen molar-refractivity contribution in [3.8, 4) is 0 Å². The summed E-state index contributed by atoms with van der Waals surface area (Å²) >= 11 is 0. The SMILES string of the molecule is CCN(CC)CCNc1ccc([N+](=O)[O-])cc1S(=O)(=O)N1CCCC1. The van der Waals surface area contributed by atoms with Crippen LogP contribution in [0, 0.1) is 10.1 Å². The first-order valence-electron chi connectivity index (χ1n) is 8.65. The van der Waals surface area contributed by atoms with E-state index in [0.717, 1.165) is 38.5 Å². The van der Waals surface area contributed by atoms with Gasteiger partial charge in [-0.25, -0.2) is 8.42 Å². The van der Waals surface area contributed by atoms with Gasteiger partial charge in [0.1, 0.15) is 4.90 Å². The van der Waals surface area contributed by atoms with E-state index >= 15 is 0 Å². The fourth-order valence-corrected chi connectivity index (χ4v) is 4.65. The lowest BCUT2D eigenvalue weighted by Crippen LogP contribution is -2.30. The molecular weight excluding hydrogens is 344 g/mol. The van der Waals surface area contributed by atoms with Crippen LogP contribution in [-0.4, -0.2) is 61.8 Å². The molecule has 1 aromatic rings. The third-order valence-corrected chi connectivity index (χ3v) is 6.44. The summed E-state index contributed by atoms with van der Waals surface area (Å²) in [6.45, 7) is 8.23. The first-order valence-corrected chi connectivity index (χ1v) is 10.1. The lowest BCUT2D eigenvalue weighted by atomic mass is 10.3. The summed E-state index contributed by atoms with van der Waals surface area (Å²) in [5, 5.41) is 14.2. The Labute approximate surface area is 149 Å². The van der Waals surface area contributed by atoms with Crippen molar-refractivity contribution in [1.82, 2.24) is 9.21 Å². The molecule has 0 spiro atoms. The Morgan fingerprint density at radius 2 is 1.88 bits per heavy atom. The molecule has 1 heterocycles. The lowest BCUT2D eigenvalue weighted by molar-refractivity contribution is -0.385. The number of hydrogen-bond acceptors (Lipinski definition) is 6. The minimum absolute atomic E-state index is 0.0110. The number of benzene rings is 1. The first-order chi connectivity index (χ1) is 11.9. The van der Waals surface area contributed by atoms with Gasteiger partial charge in [-0.3, -0.25) is 10.1 Å². The highest BCUT2D eigenvalue weighted by Crippen LogP contribution is 2.30. The van der Waals surface area contributed by atoms with E-state index in [-0.39, 0.29) is 10.6 Å². The van der Waals surface area contributed by atoms with E-state index in [4.69, 9.17) is 0 Å². The molecule has 25 heavy (non-hydrogen) atoms. The Bertz CT molecular complexity index is 698. The first kappa shape index (κ1) is 19.6. The average molecular weight is 370 g/mol. The molecule has 0 saturated carbocycles. The van der Waals surface area contributed by atoms with Gasteiger partial charge >= 0.3 is 0 Å². The molecule has 0 unspecified atom stereocenters. The van der Waals surface area contributed by atoms with E-state index in [1.807, 2.05) is 0 Å². The highest BCUT2D eigenvalue weighted by atomic mass is 32.2. The third kappa shape index (κ3) is 4.68. The van der Waals surface area contributed by atoms with Crippen LogP contribution in [0.3, 0.4) is 0 Å². The zero-order valence-corrected chi connectivity index (χ0v) is 15.6. The van der Waals surface area contributed by atoms with Crippen LogP contribution in [0.1, 0.15) is 26.7 Å². The van der Waals surface area contributed by atoms with Gasteiger partial charge in [-0.15, -0.1) is 0 Å². The summed E-state index contributed by atoms with van der Waals surface area (Å²) < 4.78 is 27.2. The molecular formula is C16H26N4O4S. The molecule has 1 aromatic carbocycles. The molecule has 1 aliphatic rings. The van der Waals surface area contributed by atoms with Gasteiger partial charge in [0.15, 0.2) is 0 Å². The van der Waals surface area contributed by atoms with Gasteiger partial charge in [-0.05, 0) is 32.0 Å². The highest BCUT2D eigenvalue weighted by molar-refractivity contribution is 7.89. The summed E-state index contributed by atoms with van der Waals surface area (Å²) in [6.07, 6.45) is 1.64. The summed E-state index contributed by atoms with van der Waals surface area (Å²) in [5.41, 5.74) is 0.205. The number of likely N-dealkylation sites (N-methyl/N-ethyl adjacent to an activating group) is 1. The van der Waals surface area contributed by atoms with Crippen molar-refractivity contribution in [2.24, 2.45) is 0 Å². The maximum absolute atomic E-state index is 12.9. The molecule has 9 heteroatoms. The Balaban J connectivity index is 2.27. The number of nitrogens with zero attached hydrogens (tertiary/aromatic N) is 3. The second-order valence-electron chi connectivity index (χ2n) is 6.00. The van der Waals surface area contributed by atoms with E-state index in [0.29, 0.717) is 25.3 Å². The second-order valence-corrected chi connectivity index (χ2v) is 7.91. The number of nitrogens with one attached hydrogen (secondary N) is 1. The van der Waals surface area contributed by atoms with Crippen molar-refractivity contribution in [2.45, 2.75) is 31.6 Å². The van der Waals surface area contributed by atoms with Gasteiger partial charge < -0.3 is 10.2 Å². The van der Waals surface area contributed by atoms with Crippen LogP contribution in [0.25, 0.3) is 0 Å². The number of rotatable bonds is 9. The lowest BCUT2D eigenvalue weighted by Gasteiger charge is -2.21. The summed E-state index contributed by atoms with van der Waals surface area (Å²) in [4.78, 5) is 12.7. The molecule has 0 atom stereocenters. The van der Waals surface area contributed by atoms with Crippen LogP contribution < -0.4 is 5.32 Å².